The molecule has 4 nitrogen and oxygen atoms in total. The summed E-state index contributed by atoms with van der Waals surface area (Å²) in [6, 6.07) is 0. The molecular formula is C16H35N3O. The lowest BCUT2D eigenvalue weighted by Crippen LogP contribution is -2.29. The Bertz CT molecular complexity index is 210. The van der Waals surface area contributed by atoms with Crippen molar-refractivity contribution in [2.24, 2.45) is 0 Å². The zero-order valence-electron chi connectivity index (χ0n) is 13.6. The van der Waals surface area contributed by atoms with Gasteiger partial charge in [0.1, 0.15) is 0 Å². The van der Waals surface area contributed by atoms with Crippen molar-refractivity contribution in [3.05, 3.63) is 0 Å². The first-order valence-electron chi connectivity index (χ1n) is 8.49. The van der Waals surface area contributed by atoms with Crippen molar-refractivity contribution in [2.45, 2.75) is 65.2 Å². The van der Waals surface area contributed by atoms with E-state index in [2.05, 4.69) is 29.8 Å². The summed E-state index contributed by atoms with van der Waals surface area (Å²) < 4.78 is 0. The van der Waals surface area contributed by atoms with Crippen LogP contribution < -0.4 is 16.0 Å². The predicted octanol–water partition coefficient (Wildman–Crippen LogP) is 2.44. The third kappa shape index (κ3) is 15.4. The van der Waals surface area contributed by atoms with Crippen LogP contribution in [0.25, 0.3) is 0 Å². The zero-order valence-corrected chi connectivity index (χ0v) is 13.6. The first-order valence-corrected chi connectivity index (χ1v) is 8.49. The summed E-state index contributed by atoms with van der Waals surface area (Å²) in [4.78, 5) is 11.6. The minimum absolute atomic E-state index is 0.200. The Labute approximate surface area is 125 Å². The summed E-state index contributed by atoms with van der Waals surface area (Å²) in [7, 11) is 0. The normalized spacial score (nSPS) is 10.7. The minimum atomic E-state index is 0.200. The van der Waals surface area contributed by atoms with Gasteiger partial charge in [0.15, 0.2) is 0 Å². The number of nitrogens with one attached hydrogen (secondary N) is 3. The molecule has 1 amide bonds. The summed E-state index contributed by atoms with van der Waals surface area (Å²) >= 11 is 0. The van der Waals surface area contributed by atoms with Crippen molar-refractivity contribution in [2.75, 3.05) is 32.7 Å². The average molecular weight is 285 g/mol. The molecule has 0 fully saturated rings. The van der Waals surface area contributed by atoms with Gasteiger partial charge in [-0.25, -0.2) is 0 Å². The third-order valence-corrected chi connectivity index (χ3v) is 3.27. The second-order valence-electron chi connectivity index (χ2n) is 5.37. The van der Waals surface area contributed by atoms with E-state index in [-0.39, 0.29) is 5.91 Å². The number of hydrogen-bond donors (Lipinski definition) is 3. The molecule has 0 aliphatic carbocycles. The van der Waals surface area contributed by atoms with Gasteiger partial charge in [0.2, 0.25) is 5.91 Å². The van der Waals surface area contributed by atoms with E-state index in [1.165, 1.54) is 32.1 Å². The molecule has 20 heavy (non-hydrogen) atoms. The lowest BCUT2D eigenvalue weighted by Gasteiger charge is -2.07. The van der Waals surface area contributed by atoms with E-state index in [1.807, 2.05) is 0 Å². The molecule has 0 atom stereocenters. The maximum Gasteiger partial charge on any atom is 0.220 e. The van der Waals surface area contributed by atoms with E-state index in [0.717, 1.165) is 45.6 Å². The van der Waals surface area contributed by atoms with Crippen LogP contribution in [0.15, 0.2) is 0 Å². The van der Waals surface area contributed by atoms with Gasteiger partial charge in [0.25, 0.3) is 0 Å². The molecule has 4 heteroatoms. The van der Waals surface area contributed by atoms with Crippen molar-refractivity contribution in [1.29, 1.82) is 0 Å². The van der Waals surface area contributed by atoms with Crippen LogP contribution in [0.3, 0.4) is 0 Å². The lowest BCUT2D eigenvalue weighted by molar-refractivity contribution is -0.121. The van der Waals surface area contributed by atoms with Gasteiger partial charge in [-0.15, -0.1) is 0 Å². The van der Waals surface area contributed by atoms with Crippen LogP contribution in [0, 0.1) is 0 Å². The lowest BCUT2D eigenvalue weighted by atomic mass is 10.1. The molecule has 0 heterocycles. The monoisotopic (exact) mass is 285 g/mol. The molecule has 0 aromatic rings. The maximum absolute atomic E-state index is 11.6. The average Bonchev–Trinajstić information content (AvgIpc) is 2.45. The van der Waals surface area contributed by atoms with Gasteiger partial charge < -0.3 is 16.0 Å². The van der Waals surface area contributed by atoms with Gasteiger partial charge in [0, 0.05) is 26.1 Å². The van der Waals surface area contributed by atoms with Crippen LogP contribution in [0.4, 0.5) is 0 Å². The van der Waals surface area contributed by atoms with Crippen molar-refractivity contribution in [3.63, 3.8) is 0 Å². The Balaban J connectivity index is 3.12. The van der Waals surface area contributed by atoms with Gasteiger partial charge in [-0.3, -0.25) is 4.79 Å². The molecule has 120 valence electrons. The highest BCUT2D eigenvalue weighted by Gasteiger charge is 1.99. The third-order valence-electron chi connectivity index (χ3n) is 3.27. The number of unbranched alkanes of at least 4 members (excludes halogenated alkanes) is 4. The van der Waals surface area contributed by atoms with E-state index in [1.54, 1.807) is 0 Å². The number of hydrogen-bond acceptors (Lipinski definition) is 3. The smallest absolute Gasteiger partial charge is 0.220 e. The van der Waals surface area contributed by atoms with Crippen molar-refractivity contribution in [3.8, 4) is 0 Å². The van der Waals surface area contributed by atoms with Crippen molar-refractivity contribution < 1.29 is 4.79 Å². The van der Waals surface area contributed by atoms with Gasteiger partial charge in [-0.2, -0.15) is 0 Å². The van der Waals surface area contributed by atoms with Crippen LogP contribution in [-0.4, -0.2) is 38.6 Å². The Hall–Kier alpha value is -0.610. The fraction of sp³-hybridized carbons (Fsp3) is 0.938. The molecule has 0 aliphatic heterocycles. The summed E-state index contributed by atoms with van der Waals surface area (Å²) in [5.74, 6) is 0.200. The van der Waals surface area contributed by atoms with Gasteiger partial charge in [-0.1, -0.05) is 39.5 Å². The Morgan fingerprint density at radius 2 is 1.40 bits per heavy atom. The molecule has 0 aliphatic rings. The van der Waals surface area contributed by atoms with Crippen LogP contribution in [0.2, 0.25) is 0 Å². The Kier molecular flexibility index (Phi) is 15.9. The summed E-state index contributed by atoms with van der Waals surface area (Å²) in [6.07, 6.45) is 8.98. The highest BCUT2D eigenvalue weighted by atomic mass is 16.1. The van der Waals surface area contributed by atoms with Crippen LogP contribution >= 0.6 is 0 Å². The van der Waals surface area contributed by atoms with E-state index in [0.29, 0.717) is 6.42 Å². The number of amides is 1. The fourth-order valence-electron chi connectivity index (χ4n) is 2.02. The van der Waals surface area contributed by atoms with E-state index >= 15 is 0 Å². The van der Waals surface area contributed by atoms with Gasteiger partial charge in [0.05, 0.1) is 0 Å². The molecule has 0 aromatic carbocycles. The van der Waals surface area contributed by atoms with Crippen LogP contribution in [-0.2, 0) is 4.79 Å². The first-order chi connectivity index (χ1) is 9.81. The van der Waals surface area contributed by atoms with Crippen LogP contribution in [0.1, 0.15) is 65.2 Å². The van der Waals surface area contributed by atoms with Crippen molar-refractivity contribution in [1.82, 2.24) is 16.0 Å². The zero-order chi connectivity index (χ0) is 14.9. The second-order valence-corrected chi connectivity index (χ2v) is 5.37. The molecule has 0 rings (SSSR count). The summed E-state index contributed by atoms with van der Waals surface area (Å²) in [6.45, 7) is 9.24. The topological polar surface area (TPSA) is 53.2 Å². The van der Waals surface area contributed by atoms with Crippen molar-refractivity contribution >= 4 is 5.91 Å². The largest absolute Gasteiger partial charge is 0.356 e. The molecule has 0 unspecified atom stereocenters. The number of carbonyl (C=O) groups excluding carboxylic acids is 1. The van der Waals surface area contributed by atoms with E-state index in [9.17, 15) is 4.79 Å². The SMILES string of the molecule is CCCCCCCNC(=O)CCCNCCNCCC. The Morgan fingerprint density at radius 3 is 2.10 bits per heavy atom. The molecule has 0 aromatic heterocycles. The minimum Gasteiger partial charge on any atom is -0.356 e. The number of carbonyl (C=O) groups is 1. The van der Waals surface area contributed by atoms with Gasteiger partial charge in [-0.05, 0) is 32.4 Å². The molecular weight excluding hydrogens is 250 g/mol. The molecule has 0 saturated heterocycles. The predicted molar refractivity (Wildman–Crippen MR) is 87.0 cm³/mol. The maximum atomic E-state index is 11.6. The summed E-state index contributed by atoms with van der Waals surface area (Å²) in [5, 5.41) is 9.69. The fourth-order valence-corrected chi connectivity index (χ4v) is 2.02. The highest BCUT2D eigenvalue weighted by molar-refractivity contribution is 5.75. The molecule has 0 saturated carbocycles. The quantitative estimate of drug-likeness (QED) is 0.405. The standard InChI is InChI=1S/C16H35N3O/c1-3-5-6-7-8-13-19-16(20)10-9-12-18-15-14-17-11-4-2/h17-18H,3-15H2,1-2H3,(H,19,20). The molecule has 0 spiro atoms. The number of rotatable bonds is 15. The molecule has 3 N–H and O–H groups in total. The molecule has 0 radical (unpaired) electrons. The van der Waals surface area contributed by atoms with E-state index in [4.69, 9.17) is 0 Å². The second kappa shape index (κ2) is 16.4. The molecule has 0 bridgehead atoms. The first kappa shape index (κ1) is 19.4. The highest BCUT2D eigenvalue weighted by Crippen LogP contribution is 2.01. The van der Waals surface area contributed by atoms with Gasteiger partial charge >= 0.3 is 0 Å². The van der Waals surface area contributed by atoms with Crippen LogP contribution in [0.5, 0.6) is 0 Å². The summed E-state index contributed by atoms with van der Waals surface area (Å²) in [5.41, 5.74) is 0. The Morgan fingerprint density at radius 1 is 0.700 bits per heavy atom. The van der Waals surface area contributed by atoms with E-state index < -0.39 is 0 Å².